The Morgan fingerprint density at radius 2 is 1.68 bits per heavy atom. The lowest BCUT2D eigenvalue weighted by atomic mass is 10.2. The molecule has 0 fully saturated rings. The number of hydrogen-bond donors (Lipinski definition) is 0. The molecule has 0 spiro atoms. The molecular weight excluding hydrogens is 374 g/mol. The first-order valence-electron chi connectivity index (χ1n) is 7.44. The Hall–Kier alpha value is -1.77. The molecule has 5 nitrogen and oxygen atoms in total. The molecule has 0 amide bonds. The van der Waals surface area contributed by atoms with E-state index in [0.29, 0.717) is 11.0 Å². The standard InChI is InChI=1S/C17H17N3O2S3/c1-12-8-10-13(11-9-12)25(21,22)20-15-7-5-4-6-14(15)18-16(20)19-17(23-2)24-3/h4-11H,1-3H3. The number of para-hydroxylation sites is 2. The number of rotatable bonds is 3. The lowest BCUT2D eigenvalue weighted by Crippen LogP contribution is -2.13. The Labute approximate surface area is 155 Å². The zero-order chi connectivity index (χ0) is 18.0. The predicted molar refractivity (Wildman–Crippen MR) is 108 cm³/mol. The van der Waals surface area contributed by atoms with Crippen LogP contribution in [0.1, 0.15) is 5.56 Å². The molecule has 0 aliphatic carbocycles. The second-order valence-corrected chi connectivity index (χ2v) is 8.90. The number of nitrogens with zero attached hydrogens (tertiary/aromatic N) is 3. The van der Waals surface area contributed by atoms with Crippen molar-refractivity contribution in [3.8, 4) is 0 Å². The minimum Gasteiger partial charge on any atom is -0.210 e. The van der Waals surface area contributed by atoms with Crippen molar-refractivity contribution in [3.63, 3.8) is 0 Å². The van der Waals surface area contributed by atoms with Crippen LogP contribution in [-0.4, -0.2) is 34.3 Å². The average Bonchev–Trinajstić information content (AvgIpc) is 2.98. The van der Waals surface area contributed by atoms with Crippen LogP contribution in [0.3, 0.4) is 0 Å². The summed E-state index contributed by atoms with van der Waals surface area (Å²) in [6, 6.07) is 13.9. The third-order valence-corrected chi connectivity index (χ3v) is 7.19. The van der Waals surface area contributed by atoms with Gasteiger partial charge in [0.05, 0.1) is 15.9 Å². The number of benzene rings is 2. The van der Waals surface area contributed by atoms with Gasteiger partial charge in [0.1, 0.15) is 4.38 Å². The van der Waals surface area contributed by atoms with Gasteiger partial charge >= 0.3 is 0 Å². The van der Waals surface area contributed by atoms with Crippen molar-refractivity contribution in [3.05, 3.63) is 54.1 Å². The first-order chi connectivity index (χ1) is 12.0. The Morgan fingerprint density at radius 1 is 1.04 bits per heavy atom. The van der Waals surface area contributed by atoms with E-state index in [1.54, 1.807) is 42.5 Å². The molecular formula is C17H17N3O2S3. The number of aryl methyl sites for hydroxylation is 1. The van der Waals surface area contributed by atoms with Crippen molar-refractivity contribution in [1.29, 1.82) is 0 Å². The van der Waals surface area contributed by atoms with Gasteiger partial charge in [-0.05, 0) is 43.7 Å². The molecule has 0 saturated carbocycles. The zero-order valence-electron chi connectivity index (χ0n) is 14.0. The van der Waals surface area contributed by atoms with E-state index in [1.807, 2.05) is 25.5 Å². The van der Waals surface area contributed by atoms with E-state index in [2.05, 4.69) is 9.98 Å². The maximum Gasteiger partial charge on any atom is 0.271 e. The first kappa shape index (κ1) is 18.0. The highest BCUT2D eigenvalue weighted by atomic mass is 32.2. The molecule has 0 bridgehead atoms. The van der Waals surface area contributed by atoms with Crippen molar-refractivity contribution in [2.45, 2.75) is 11.8 Å². The SMILES string of the molecule is CSC(=Nc1nc2ccccc2n1S(=O)(=O)c1ccc(C)cc1)SC. The molecule has 25 heavy (non-hydrogen) atoms. The van der Waals surface area contributed by atoms with Gasteiger partial charge in [-0.15, -0.1) is 23.5 Å². The highest BCUT2D eigenvalue weighted by Crippen LogP contribution is 2.29. The molecule has 3 rings (SSSR count). The third-order valence-electron chi connectivity index (χ3n) is 3.60. The van der Waals surface area contributed by atoms with Gasteiger partial charge in [0, 0.05) is 0 Å². The van der Waals surface area contributed by atoms with Crippen LogP contribution in [-0.2, 0) is 10.0 Å². The van der Waals surface area contributed by atoms with E-state index in [4.69, 9.17) is 0 Å². The van der Waals surface area contributed by atoms with Crippen molar-refractivity contribution in [2.24, 2.45) is 4.99 Å². The molecule has 2 aromatic carbocycles. The molecule has 1 aromatic heterocycles. The van der Waals surface area contributed by atoms with Crippen LogP contribution in [0.15, 0.2) is 58.4 Å². The van der Waals surface area contributed by atoms with Crippen molar-refractivity contribution < 1.29 is 8.42 Å². The fourth-order valence-electron chi connectivity index (χ4n) is 2.37. The second kappa shape index (κ2) is 7.23. The predicted octanol–water partition coefficient (Wildman–Crippen LogP) is 4.30. The van der Waals surface area contributed by atoms with Crippen LogP contribution in [0.4, 0.5) is 5.95 Å². The van der Waals surface area contributed by atoms with Gasteiger partial charge in [-0.2, -0.15) is 8.96 Å². The molecule has 0 aliphatic heterocycles. The highest BCUT2D eigenvalue weighted by molar-refractivity contribution is 8.38. The number of aromatic nitrogens is 2. The molecule has 3 aromatic rings. The van der Waals surface area contributed by atoms with Crippen LogP contribution in [0.2, 0.25) is 0 Å². The number of thioether (sulfide) groups is 2. The van der Waals surface area contributed by atoms with Crippen LogP contribution in [0.5, 0.6) is 0 Å². The lowest BCUT2D eigenvalue weighted by molar-refractivity contribution is 0.589. The van der Waals surface area contributed by atoms with Gasteiger partial charge in [0.2, 0.25) is 5.95 Å². The van der Waals surface area contributed by atoms with Gasteiger partial charge < -0.3 is 0 Å². The summed E-state index contributed by atoms with van der Waals surface area (Å²) in [4.78, 5) is 9.10. The third kappa shape index (κ3) is 3.47. The molecule has 1 heterocycles. The smallest absolute Gasteiger partial charge is 0.210 e. The molecule has 0 saturated heterocycles. The number of imidazole rings is 1. The van der Waals surface area contributed by atoms with Crippen LogP contribution >= 0.6 is 23.5 Å². The normalized spacial score (nSPS) is 11.6. The van der Waals surface area contributed by atoms with Gasteiger partial charge in [-0.1, -0.05) is 29.8 Å². The summed E-state index contributed by atoms with van der Waals surface area (Å²) in [5, 5.41) is 0. The molecule has 0 radical (unpaired) electrons. The maximum atomic E-state index is 13.2. The average molecular weight is 392 g/mol. The van der Waals surface area contributed by atoms with E-state index < -0.39 is 10.0 Å². The summed E-state index contributed by atoms with van der Waals surface area (Å²) >= 11 is 2.91. The van der Waals surface area contributed by atoms with Gasteiger partial charge in [0.25, 0.3) is 10.0 Å². The summed E-state index contributed by atoms with van der Waals surface area (Å²) in [6.45, 7) is 1.92. The fraction of sp³-hybridized carbons (Fsp3) is 0.176. The van der Waals surface area contributed by atoms with Gasteiger partial charge in [-0.25, -0.2) is 13.4 Å². The molecule has 0 atom stereocenters. The molecule has 130 valence electrons. The Bertz CT molecular complexity index is 1030. The minimum atomic E-state index is -3.80. The molecule has 0 N–H and O–H groups in total. The van der Waals surface area contributed by atoms with E-state index in [1.165, 1.54) is 27.5 Å². The Balaban J connectivity index is 2.30. The van der Waals surface area contributed by atoms with Crippen molar-refractivity contribution >= 4 is 54.9 Å². The quantitative estimate of drug-likeness (QED) is 0.492. The van der Waals surface area contributed by atoms with Gasteiger partial charge in [-0.3, -0.25) is 0 Å². The highest BCUT2D eigenvalue weighted by Gasteiger charge is 2.24. The lowest BCUT2D eigenvalue weighted by Gasteiger charge is -2.09. The summed E-state index contributed by atoms with van der Waals surface area (Å²) in [5.74, 6) is 0.167. The van der Waals surface area contributed by atoms with Gasteiger partial charge in [0.15, 0.2) is 0 Å². The van der Waals surface area contributed by atoms with E-state index in [-0.39, 0.29) is 10.8 Å². The summed E-state index contributed by atoms with van der Waals surface area (Å²) in [5.41, 5.74) is 2.11. The number of aliphatic imine (C=N–C) groups is 1. The van der Waals surface area contributed by atoms with Crippen LogP contribution < -0.4 is 0 Å². The number of fused-ring (bicyclic) bond motifs is 1. The van der Waals surface area contributed by atoms with Crippen LogP contribution in [0, 0.1) is 6.92 Å². The van der Waals surface area contributed by atoms with Crippen molar-refractivity contribution in [2.75, 3.05) is 12.5 Å². The maximum absolute atomic E-state index is 13.2. The minimum absolute atomic E-state index is 0.167. The molecule has 0 aliphatic rings. The summed E-state index contributed by atoms with van der Waals surface area (Å²) in [6.07, 6.45) is 3.80. The van der Waals surface area contributed by atoms with E-state index in [9.17, 15) is 8.42 Å². The summed E-state index contributed by atoms with van der Waals surface area (Å²) < 4.78 is 28.4. The fourth-order valence-corrected chi connectivity index (χ4v) is 4.78. The van der Waals surface area contributed by atoms with Crippen LogP contribution in [0.25, 0.3) is 11.0 Å². The van der Waals surface area contributed by atoms with Crippen molar-refractivity contribution in [1.82, 2.24) is 8.96 Å². The number of hydrogen-bond acceptors (Lipinski definition) is 6. The molecule has 0 unspecified atom stereocenters. The van der Waals surface area contributed by atoms with E-state index >= 15 is 0 Å². The molecule has 8 heteroatoms. The summed E-state index contributed by atoms with van der Waals surface area (Å²) in [7, 11) is -3.80. The topological polar surface area (TPSA) is 64.3 Å². The Kier molecular flexibility index (Phi) is 5.21. The first-order valence-corrected chi connectivity index (χ1v) is 11.3. The Morgan fingerprint density at radius 3 is 2.32 bits per heavy atom. The second-order valence-electron chi connectivity index (χ2n) is 5.27. The monoisotopic (exact) mass is 391 g/mol. The zero-order valence-corrected chi connectivity index (χ0v) is 16.5. The largest absolute Gasteiger partial charge is 0.271 e. The van der Waals surface area contributed by atoms with E-state index in [0.717, 1.165) is 9.94 Å².